The molecule has 0 aliphatic carbocycles. The first-order valence-electron chi connectivity index (χ1n) is 12.8. The minimum Gasteiger partial charge on any atom is -0.474 e. The summed E-state index contributed by atoms with van der Waals surface area (Å²) < 4.78 is 24.3. The van der Waals surface area contributed by atoms with Gasteiger partial charge in [0.1, 0.15) is 17.1 Å². The Morgan fingerprint density at radius 2 is 2.00 bits per heavy atom. The number of halogens is 1. The van der Waals surface area contributed by atoms with Crippen LogP contribution in [0.15, 0.2) is 65.9 Å². The average Bonchev–Trinajstić information content (AvgIpc) is 3.53. The number of aliphatic imine (C=N–C) groups is 1. The fourth-order valence-corrected chi connectivity index (χ4v) is 4.75. The summed E-state index contributed by atoms with van der Waals surface area (Å²) in [5.41, 5.74) is 2.70. The lowest BCUT2D eigenvalue weighted by Crippen LogP contribution is -2.42. The number of para-hydroxylation sites is 1. The maximum atomic E-state index is 14.8. The van der Waals surface area contributed by atoms with Gasteiger partial charge in [-0.25, -0.2) is 14.1 Å². The van der Waals surface area contributed by atoms with Gasteiger partial charge in [0.2, 0.25) is 12.0 Å². The van der Waals surface area contributed by atoms with Crippen LogP contribution in [-0.2, 0) is 17.9 Å². The van der Waals surface area contributed by atoms with Gasteiger partial charge in [-0.2, -0.15) is 10.2 Å². The smallest absolute Gasteiger partial charge is 0.269 e. The molecule has 2 aromatic heterocycles. The van der Waals surface area contributed by atoms with Gasteiger partial charge >= 0.3 is 0 Å². The highest BCUT2D eigenvalue weighted by molar-refractivity contribution is 6.20. The maximum Gasteiger partial charge on any atom is 0.269 e. The Morgan fingerprint density at radius 3 is 2.77 bits per heavy atom. The molecule has 0 spiro atoms. The zero-order chi connectivity index (χ0) is 27.1. The quantitative estimate of drug-likeness (QED) is 0.411. The van der Waals surface area contributed by atoms with E-state index in [1.807, 2.05) is 44.2 Å². The maximum absolute atomic E-state index is 14.8. The molecular weight excluding hydrogens is 501 g/mol. The van der Waals surface area contributed by atoms with Crippen molar-refractivity contribution in [2.45, 2.75) is 45.6 Å². The van der Waals surface area contributed by atoms with E-state index in [4.69, 9.17) is 4.74 Å². The van der Waals surface area contributed by atoms with Crippen molar-refractivity contribution in [3.05, 3.63) is 83.4 Å². The molecule has 2 N–H and O–H groups in total. The summed E-state index contributed by atoms with van der Waals surface area (Å²) in [4.78, 5) is 31.8. The Balaban J connectivity index is 1.42. The number of fused-ring (bicyclic) bond motifs is 2. The van der Waals surface area contributed by atoms with Crippen molar-refractivity contribution in [2.24, 2.45) is 4.99 Å². The number of nitrogens with zero attached hydrogens (tertiary/aromatic N) is 5. The lowest BCUT2D eigenvalue weighted by atomic mass is 10.0. The predicted octanol–water partition coefficient (Wildman–Crippen LogP) is 3.62. The molecule has 10 nitrogen and oxygen atoms in total. The molecule has 11 heteroatoms. The zero-order valence-electron chi connectivity index (χ0n) is 21.4. The Hall–Kier alpha value is -4.80. The van der Waals surface area contributed by atoms with Gasteiger partial charge in [-0.05, 0) is 19.9 Å². The van der Waals surface area contributed by atoms with E-state index in [1.54, 1.807) is 33.9 Å². The molecule has 2 aliphatic rings. The second-order valence-corrected chi connectivity index (χ2v) is 9.43. The molecule has 4 heterocycles. The van der Waals surface area contributed by atoms with Crippen molar-refractivity contribution < 1.29 is 18.7 Å². The van der Waals surface area contributed by atoms with Crippen LogP contribution in [0.4, 0.5) is 10.1 Å². The number of anilines is 1. The molecule has 0 fully saturated rings. The number of ether oxygens (including phenoxy) is 1. The van der Waals surface area contributed by atoms with Gasteiger partial charge in [0, 0.05) is 42.4 Å². The summed E-state index contributed by atoms with van der Waals surface area (Å²) in [6.07, 6.45) is 2.72. The van der Waals surface area contributed by atoms with E-state index in [9.17, 15) is 14.0 Å². The molecule has 39 heavy (non-hydrogen) atoms. The normalized spacial score (nSPS) is 18.2. The number of benzodiazepines with no additional fused rings is 1. The number of carbonyl (C=O) groups is 2. The Bertz CT molecular complexity index is 1610. The molecule has 0 saturated carbocycles. The summed E-state index contributed by atoms with van der Waals surface area (Å²) >= 11 is 0. The number of benzene rings is 2. The average molecular weight is 528 g/mol. The Labute approximate surface area is 223 Å². The summed E-state index contributed by atoms with van der Waals surface area (Å²) in [5.74, 6) is -1.54. The minimum absolute atomic E-state index is 0.00888. The van der Waals surface area contributed by atoms with E-state index in [2.05, 4.69) is 25.8 Å². The van der Waals surface area contributed by atoms with E-state index >= 15 is 0 Å². The van der Waals surface area contributed by atoms with E-state index in [0.717, 1.165) is 6.42 Å². The Morgan fingerprint density at radius 1 is 1.18 bits per heavy atom. The van der Waals surface area contributed by atoms with Crippen molar-refractivity contribution in [3.63, 3.8) is 0 Å². The van der Waals surface area contributed by atoms with Crippen LogP contribution in [-0.4, -0.2) is 49.4 Å². The van der Waals surface area contributed by atoms with Crippen molar-refractivity contribution in [1.29, 1.82) is 0 Å². The minimum atomic E-state index is -1.35. The van der Waals surface area contributed by atoms with Crippen LogP contribution < -0.4 is 15.4 Å². The molecular formula is C28H26FN7O3. The third-order valence-electron chi connectivity index (χ3n) is 6.76. The lowest BCUT2D eigenvalue weighted by Gasteiger charge is -2.22. The van der Waals surface area contributed by atoms with Gasteiger partial charge < -0.3 is 15.4 Å². The molecule has 0 radical (unpaired) electrons. The van der Waals surface area contributed by atoms with Crippen LogP contribution in [0.25, 0.3) is 11.3 Å². The Kier molecular flexibility index (Phi) is 6.18. The monoisotopic (exact) mass is 527 g/mol. The van der Waals surface area contributed by atoms with Gasteiger partial charge in [-0.1, -0.05) is 42.5 Å². The van der Waals surface area contributed by atoms with E-state index in [0.29, 0.717) is 47.1 Å². The third-order valence-corrected chi connectivity index (χ3v) is 6.76. The number of amides is 2. The van der Waals surface area contributed by atoms with Crippen molar-refractivity contribution >= 4 is 23.2 Å². The van der Waals surface area contributed by atoms with Gasteiger partial charge in [0.15, 0.2) is 0 Å². The standard InChI is InChI=1S/C28H26FN7O3/c1-3-35-15-18(14-30-35)23-21(28-36(34-23)13-12-16(2)39-28)26(37)33-25-27(38)32-24-19(10-7-11-20(24)29)22(31-25)17-8-5-4-6-9-17/h4-11,14-16,25H,3,12-13H2,1-2H3,(H,32,38)(H,33,37). The second-order valence-electron chi connectivity index (χ2n) is 9.43. The van der Waals surface area contributed by atoms with E-state index in [1.165, 1.54) is 6.07 Å². The summed E-state index contributed by atoms with van der Waals surface area (Å²) in [6, 6.07) is 13.6. The molecule has 2 aromatic carbocycles. The molecule has 4 aromatic rings. The summed E-state index contributed by atoms with van der Waals surface area (Å²) in [7, 11) is 0. The second kappa shape index (κ2) is 9.82. The van der Waals surface area contributed by atoms with Crippen molar-refractivity contribution in [1.82, 2.24) is 24.9 Å². The molecule has 2 amide bonds. The first-order chi connectivity index (χ1) is 18.9. The van der Waals surface area contributed by atoms with Crippen molar-refractivity contribution in [3.8, 4) is 17.1 Å². The summed E-state index contributed by atoms with van der Waals surface area (Å²) in [6.45, 7) is 5.11. The third kappa shape index (κ3) is 4.45. The number of hydrogen-bond donors (Lipinski definition) is 2. The molecule has 6 rings (SSSR count). The van der Waals surface area contributed by atoms with Crippen LogP contribution in [0.2, 0.25) is 0 Å². The highest BCUT2D eigenvalue weighted by Gasteiger charge is 2.34. The number of carbonyl (C=O) groups excluding carboxylic acids is 2. The molecule has 198 valence electrons. The van der Waals surface area contributed by atoms with Gasteiger partial charge in [-0.3, -0.25) is 14.3 Å². The van der Waals surface area contributed by atoms with Crippen LogP contribution in [0, 0.1) is 5.82 Å². The van der Waals surface area contributed by atoms with Crippen LogP contribution >= 0.6 is 0 Å². The topological polar surface area (TPSA) is 115 Å². The van der Waals surface area contributed by atoms with Gasteiger partial charge in [-0.15, -0.1) is 0 Å². The van der Waals surface area contributed by atoms with Crippen molar-refractivity contribution in [2.75, 3.05) is 5.32 Å². The highest BCUT2D eigenvalue weighted by Crippen LogP contribution is 2.34. The van der Waals surface area contributed by atoms with Gasteiger partial charge in [0.05, 0.1) is 23.7 Å². The fourth-order valence-electron chi connectivity index (χ4n) is 4.75. The lowest BCUT2D eigenvalue weighted by molar-refractivity contribution is -0.117. The van der Waals surface area contributed by atoms with Crippen LogP contribution in [0.1, 0.15) is 41.8 Å². The molecule has 2 atom stereocenters. The van der Waals surface area contributed by atoms with Crippen LogP contribution in [0.3, 0.4) is 0 Å². The molecule has 2 unspecified atom stereocenters. The largest absolute Gasteiger partial charge is 0.474 e. The molecule has 0 bridgehead atoms. The van der Waals surface area contributed by atoms with Crippen LogP contribution in [0.5, 0.6) is 5.88 Å². The zero-order valence-corrected chi connectivity index (χ0v) is 21.4. The number of aromatic nitrogens is 4. The molecule has 0 saturated heterocycles. The SMILES string of the molecule is CCn1cc(-c2nn3c(c2C(=O)NC2N=C(c4ccccc4)c4cccc(F)c4NC2=O)OC(C)CC3)cn1. The molecule has 2 aliphatic heterocycles. The fraction of sp³-hybridized carbons (Fsp3) is 0.250. The van der Waals surface area contributed by atoms with Gasteiger partial charge in [0.25, 0.3) is 11.8 Å². The van der Waals surface area contributed by atoms with E-state index < -0.39 is 23.8 Å². The first-order valence-corrected chi connectivity index (χ1v) is 12.8. The number of hydrogen-bond acceptors (Lipinski definition) is 6. The number of aryl methyl sites for hydroxylation is 2. The van der Waals surface area contributed by atoms with E-state index in [-0.39, 0.29) is 17.4 Å². The summed E-state index contributed by atoms with van der Waals surface area (Å²) in [5, 5.41) is 14.3. The number of nitrogens with one attached hydrogen (secondary N) is 2. The predicted molar refractivity (Wildman–Crippen MR) is 142 cm³/mol. The highest BCUT2D eigenvalue weighted by atomic mass is 19.1. The first kappa shape index (κ1) is 24.5. The number of rotatable bonds is 5.